The Labute approximate surface area is 101 Å². The third-order valence-corrected chi connectivity index (χ3v) is 2.70. The van der Waals surface area contributed by atoms with Gasteiger partial charge in [-0.2, -0.15) is 5.10 Å². The van der Waals surface area contributed by atoms with E-state index in [2.05, 4.69) is 21.0 Å². The van der Waals surface area contributed by atoms with E-state index in [1.54, 1.807) is 24.5 Å². The van der Waals surface area contributed by atoms with Crippen molar-refractivity contribution < 1.29 is 4.39 Å². The van der Waals surface area contributed by atoms with E-state index in [1.807, 2.05) is 6.92 Å². The fourth-order valence-corrected chi connectivity index (χ4v) is 1.85. The molecule has 0 aliphatic heterocycles. The lowest BCUT2D eigenvalue weighted by atomic mass is 10.1. The molecule has 0 spiro atoms. The zero-order valence-electron chi connectivity index (χ0n) is 8.69. The van der Waals surface area contributed by atoms with E-state index in [1.165, 1.54) is 10.7 Å². The summed E-state index contributed by atoms with van der Waals surface area (Å²) in [5.41, 5.74) is 6.95. The van der Waals surface area contributed by atoms with Gasteiger partial charge in [0.1, 0.15) is 11.5 Å². The van der Waals surface area contributed by atoms with Gasteiger partial charge in [-0.05, 0) is 34.5 Å². The summed E-state index contributed by atoms with van der Waals surface area (Å²) < 4.78 is 16.1. The summed E-state index contributed by atoms with van der Waals surface area (Å²) in [4.78, 5) is 0. The van der Waals surface area contributed by atoms with Crippen LogP contribution < -0.4 is 5.73 Å². The largest absolute Gasteiger partial charge is 0.324 e. The van der Waals surface area contributed by atoms with Gasteiger partial charge in [0.05, 0.1) is 10.7 Å². The van der Waals surface area contributed by atoms with E-state index < -0.39 is 0 Å². The number of aromatic nitrogens is 2. The van der Waals surface area contributed by atoms with Crippen LogP contribution >= 0.6 is 15.9 Å². The molecule has 0 aliphatic rings. The second kappa shape index (κ2) is 4.35. The van der Waals surface area contributed by atoms with Gasteiger partial charge in [-0.15, -0.1) is 0 Å². The normalized spacial score (nSPS) is 12.8. The zero-order valence-corrected chi connectivity index (χ0v) is 10.3. The molecule has 1 atom stereocenters. The van der Waals surface area contributed by atoms with Crippen LogP contribution in [0.25, 0.3) is 5.69 Å². The van der Waals surface area contributed by atoms with E-state index in [-0.39, 0.29) is 11.9 Å². The first kappa shape index (κ1) is 11.3. The number of nitrogens with zero attached hydrogens (tertiary/aromatic N) is 2. The summed E-state index contributed by atoms with van der Waals surface area (Å²) in [6.45, 7) is 1.82. The lowest BCUT2D eigenvalue weighted by Crippen LogP contribution is -2.11. The topological polar surface area (TPSA) is 43.8 Å². The van der Waals surface area contributed by atoms with Crippen molar-refractivity contribution in [2.24, 2.45) is 5.73 Å². The summed E-state index contributed by atoms with van der Waals surface area (Å²) in [6.07, 6.45) is 3.31. The second-order valence-electron chi connectivity index (χ2n) is 3.57. The summed E-state index contributed by atoms with van der Waals surface area (Å²) in [7, 11) is 0. The maximum atomic E-state index is 13.8. The predicted molar refractivity (Wildman–Crippen MR) is 63.8 cm³/mol. The van der Waals surface area contributed by atoms with Crippen LogP contribution in [0.5, 0.6) is 0 Å². The molecule has 0 amide bonds. The first-order valence-corrected chi connectivity index (χ1v) is 5.63. The van der Waals surface area contributed by atoms with E-state index >= 15 is 0 Å². The van der Waals surface area contributed by atoms with E-state index in [9.17, 15) is 4.39 Å². The van der Waals surface area contributed by atoms with Crippen molar-refractivity contribution in [3.05, 3.63) is 46.4 Å². The average molecular weight is 284 g/mol. The summed E-state index contributed by atoms with van der Waals surface area (Å²) in [6, 6.07) is 4.61. The Hall–Kier alpha value is -1.20. The van der Waals surface area contributed by atoms with Gasteiger partial charge in [-0.1, -0.05) is 12.1 Å². The second-order valence-corrected chi connectivity index (χ2v) is 4.49. The molecule has 1 aromatic carbocycles. The standard InChI is InChI=1S/C11H11BrFN3/c1-7(14)9-3-2-4-10(13)11(9)16-6-8(12)5-15-16/h2-7H,14H2,1H3. The lowest BCUT2D eigenvalue weighted by Gasteiger charge is -2.13. The number of hydrogen-bond acceptors (Lipinski definition) is 2. The van der Waals surface area contributed by atoms with Crippen LogP contribution in [-0.2, 0) is 0 Å². The number of hydrogen-bond donors (Lipinski definition) is 1. The fraction of sp³-hybridized carbons (Fsp3) is 0.182. The average Bonchev–Trinajstić information content (AvgIpc) is 2.64. The lowest BCUT2D eigenvalue weighted by molar-refractivity contribution is 0.603. The molecule has 0 radical (unpaired) electrons. The van der Waals surface area contributed by atoms with Crippen LogP contribution in [0.2, 0.25) is 0 Å². The molecule has 5 heteroatoms. The Morgan fingerprint density at radius 2 is 2.25 bits per heavy atom. The maximum Gasteiger partial charge on any atom is 0.149 e. The Kier molecular flexibility index (Phi) is 3.07. The highest BCUT2D eigenvalue weighted by Crippen LogP contribution is 2.23. The highest BCUT2D eigenvalue weighted by Gasteiger charge is 2.14. The molecule has 0 saturated carbocycles. The Bertz CT molecular complexity index is 508. The van der Waals surface area contributed by atoms with Gasteiger partial charge < -0.3 is 5.73 Å². The number of nitrogens with two attached hydrogens (primary N) is 1. The molecule has 2 N–H and O–H groups in total. The van der Waals surface area contributed by atoms with Gasteiger partial charge in [0.2, 0.25) is 0 Å². The Balaban J connectivity index is 2.62. The van der Waals surface area contributed by atoms with Crippen molar-refractivity contribution in [2.75, 3.05) is 0 Å². The van der Waals surface area contributed by atoms with Crippen LogP contribution in [-0.4, -0.2) is 9.78 Å². The first-order chi connectivity index (χ1) is 7.59. The van der Waals surface area contributed by atoms with E-state index in [4.69, 9.17) is 5.73 Å². The van der Waals surface area contributed by atoms with E-state index in [0.29, 0.717) is 5.69 Å². The van der Waals surface area contributed by atoms with Crippen LogP contribution in [0.4, 0.5) is 4.39 Å². The molecule has 1 heterocycles. The number of para-hydroxylation sites is 1. The molecule has 0 aliphatic carbocycles. The smallest absolute Gasteiger partial charge is 0.149 e. The van der Waals surface area contributed by atoms with Crippen LogP contribution in [0.15, 0.2) is 35.1 Å². The SMILES string of the molecule is CC(N)c1cccc(F)c1-n1cc(Br)cn1. The Morgan fingerprint density at radius 1 is 1.50 bits per heavy atom. The molecule has 3 nitrogen and oxygen atoms in total. The van der Waals surface area contributed by atoms with Crippen molar-refractivity contribution in [1.82, 2.24) is 9.78 Å². The third-order valence-electron chi connectivity index (χ3n) is 2.29. The van der Waals surface area contributed by atoms with Crippen LogP contribution in [0.3, 0.4) is 0 Å². The first-order valence-electron chi connectivity index (χ1n) is 4.84. The molecule has 0 saturated heterocycles. The molecule has 2 rings (SSSR count). The number of halogens is 2. The van der Waals surface area contributed by atoms with E-state index in [0.717, 1.165) is 10.0 Å². The summed E-state index contributed by atoms with van der Waals surface area (Å²) in [5, 5.41) is 4.06. The van der Waals surface area contributed by atoms with Gasteiger partial charge in [-0.3, -0.25) is 0 Å². The van der Waals surface area contributed by atoms with Gasteiger partial charge in [0, 0.05) is 12.2 Å². The minimum atomic E-state index is -0.328. The minimum Gasteiger partial charge on any atom is -0.324 e. The van der Waals surface area contributed by atoms with Gasteiger partial charge in [-0.25, -0.2) is 9.07 Å². The molecular weight excluding hydrogens is 273 g/mol. The molecule has 2 aromatic rings. The molecule has 84 valence electrons. The van der Waals surface area contributed by atoms with Crippen molar-refractivity contribution in [1.29, 1.82) is 0 Å². The molecule has 1 aromatic heterocycles. The third kappa shape index (κ3) is 2.01. The van der Waals surface area contributed by atoms with Gasteiger partial charge in [0.25, 0.3) is 0 Å². The summed E-state index contributed by atoms with van der Waals surface area (Å²) in [5.74, 6) is -0.328. The van der Waals surface area contributed by atoms with Crippen molar-refractivity contribution in [3.8, 4) is 5.69 Å². The van der Waals surface area contributed by atoms with Crippen LogP contribution in [0, 0.1) is 5.82 Å². The maximum absolute atomic E-state index is 13.8. The number of benzene rings is 1. The van der Waals surface area contributed by atoms with Crippen LogP contribution in [0.1, 0.15) is 18.5 Å². The Morgan fingerprint density at radius 3 is 2.81 bits per heavy atom. The molecule has 16 heavy (non-hydrogen) atoms. The molecule has 0 fully saturated rings. The van der Waals surface area contributed by atoms with Crippen molar-refractivity contribution >= 4 is 15.9 Å². The fourth-order valence-electron chi connectivity index (χ4n) is 1.56. The molecule has 0 bridgehead atoms. The molecular formula is C11H11BrFN3. The number of rotatable bonds is 2. The van der Waals surface area contributed by atoms with Gasteiger partial charge in [0.15, 0.2) is 0 Å². The quantitative estimate of drug-likeness (QED) is 0.921. The molecule has 1 unspecified atom stereocenters. The predicted octanol–water partition coefficient (Wildman–Crippen LogP) is 2.79. The van der Waals surface area contributed by atoms with Crippen molar-refractivity contribution in [2.45, 2.75) is 13.0 Å². The zero-order chi connectivity index (χ0) is 11.7. The highest BCUT2D eigenvalue weighted by atomic mass is 79.9. The van der Waals surface area contributed by atoms with Crippen molar-refractivity contribution in [3.63, 3.8) is 0 Å². The van der Waals surface area contributed by atoms with Gasteiger partial charge >= 0.3 is 0 Å². The monoisotopic (exact) mass is 283 g/mol. The highest BCUT2D eigenvalue weighted by molar-refractivity contribution is 9.10. The summed E-state index contributed by atoms with van der Waals surface area (Å²) >= 11 is 3.28. The minimum absolute atomic E-state index is 0.242.